The van der Waals surface area contributed by atoms with Gasteiger partial charge in [0.15, 0.2) is 69.8 Å². The average Bonchev–Trinajstić information content (AvgIpc) is 2.99. The van der Waals surface area contributed by atoms with Gasteiger partial charge in [-0.1, -0.05) is 0 Å². The largest absolute Gasteiger partial charge is 0.379 e. The lowest BCUT2D eigenvalue weighted by Gasteiger charge is -2.24. The molecule has 0 aromatic heterocycles. The molecule has 0 atom stereocenters. The van der Waals surface area contributed by atoms with Crippen LogP contribution in [-0.2, 0) is 0 Å². The topological polar surface area (TPSA) is 39.3 Å². The molecular weight excluding hydrogens is 629 g/mol. The first-order chi connectivity index (χ1) is 20.1. The minimum atomic E-state index is -2.44. The number of hydrogen-bond acceptors (Lipinski definition) is 4. The predicted octanol–water partition coefficient (Wildman–Crippen LogP) is 6.71. The van der Waals surface area contributed by atoms with Crippen LogP contribution in [0.4, 0.5) is 82.9 Å². The minimum Gasteiger partial charge on any atom is -0.379 e. The van der Waals surface area contributed by atoms with Crippen molar-refractivity contribution in [3.8, 4) is 0 Å². The van der Waals surface area contributed by atoms with Gasteiger partial charge in [0.05, 0.1) is 0 Å². The Morgan fingerprint density at radius 2 is 0.442 bits per heavy atom. The fraction of sp³-hybridized carbons (Fsp3) is 0.250. The lowest BCUT2D eigenvalue weighted by Crippen LogP contribution is -2.37. The fourth-order valence-corrected chi connectivity index (χ4v) is 3.63. The minimum absolute atomic E-state index is 0.475. The molecule has 0 saturated carbocycles. The van der Waals surface area contributed by atoms with E-state index >= 15 is 0 Å². The highest BCUT2D eigenvalue weighted by Gasteiger charge is 2.28. The number of benzene rings is 3. The van der Waals surface area contributed by atoms with Crippen molar-refractivity contribution >= 4 is 17.1 Å². The van der Waals surface area contributed by atoms with Crippen LogP contribution in [0.3, 0.4) is 0 Å². The molecule has 0 aliphatic rings. The highest BCUT2D eigenvalue weighted by molar-refractivity contribution is 5.49. The number of hydrogen-bond donors (Lipinski definition) is 3. The van der Waals surface area contributed by atoms with Crippen molar-refractivity contribution in [3.05, 3.63) is 87.3 Å². The van der Waals surface area contributed by atoms with Crippen LogP contribution in [-0.4, -0.2) is 44.2 Å². The van der Waals surface area contributed by atoms with E-state index in [1.165, 1.54) is 0 Å². The van der Waals surface area contributed by atoms with E-state index in [0.717, 1.165) is 4.90 Å². The van der Waals surface area contributed by atoms with Crippen LogP contribution < -0.4 is 16.0 Å². The zero-order chi connectivity index (χ0) is 32.3. The Labute approximate surface area is 231 Å². The third-order valence-corrected chi connectivity index (χ3v) is 5.82. The zero-order valence-corrected chi connectivity index (χ0v) is 20.9. The Hall–Kier alpha value is -4.03. The summed E-state index contributed by atoms with van der Waals surface area (Å²) in [5, 5.41) is 5.74. The van der Waals surface area contributed by atoms with Gasteiger partial charge in [0, 0.05) is 39.3 Å². The maximum absolute atomic E-state index is 13.9. The first-order valence-electron chi connectivity index (χ1n) is 11.6. The SMILES string of the molecule is Fc1c(F)c(F)c(NCCN(CCNc2c(F)c(F)c(F)c(F)c2F)CCNc2c(F)c(F)c(F)c(F)c2F)c(F)c1F. The molecule has 3 rings (SSSR count). The van der Waals surface area contributed by atoms with Crippen molar-refractivity contribution in [2.75, 3.05) is 55.2 Å². The smallest absolute Gasteiger partial charge is 0.200 e. The molecule has 0 unspecified atom stereocenters. The third-order valence-electron chi connectivity index (χ3n) is 5.82. The summed E-state index contributed by atoms with van der Waals surface area (Å²) in [4.78, 5) is 1.08. The molecule has 0 aliphatic carbocycles. The van der Waals surface area contributed by atoms with E-state index in [2.05, 4.69) is 0 Å². The van der Waals surface area contributed by atoms with Crippen LogP contribution in [0.2, 0.25) is 0 Å². The molecule has 0 radical (unpaired) electrons. The van der Waals surface area contributed by atoms with Crippen LogP contribution in [0.25, 0.3) is 0 Å². The second-order valence-corrected chi connectivity index (χ2v) is 8.46. The molecule has 19 heteroatoms. The van der Waals surface area contributed by atoms with E-state index in [-0.39, 0.29) is 0 Å². The number of rotatable bonds is 12. The second-order valence-electron chi connectivity index (χ2n) is 8.46. The van der Waals surface area contributed by atoms with Gasteiger partial charge in [0.1, 0.15) is 17.1 Å². The number of nitrogens with one attached hydrogen (secondary N) is 3. The van der Waals surface area contributed by atoms with Crippen LogP contribution in [0, 0.1) is 87.3 Å². The van der Waals surface area contributed by atoms with Crippen molar-refractivity contribution in [2.24, 2.45) is 0 Å². The van der Waals surface area contributed by atoms with Gasteiger partial charge in [-0.2, -0.15) is 0 Å². The Morgan fingerprint density at radius 3 is 0.628 bits per heavy atom. The summed E-state index contributed by atoms with van der Waals surface area (Å²) >= 11 is 0. The maximum atomic E-state index is 13.9. The van der Waals surface area contributed by atoms with E-state index in [1.54, 1.807) is 0 Å². The first-order valence-corrected chi connectivity index (χ1v) is 11.6. The molecule has 3 N–H and O–H groups in total. The van der Waals surface area contributed by atoms with E-state index < -0.39 is 144 Å². The van der Waals surface area contributed by atoms with Gasteiger partial charge < -0.3 is 16.0 Å². The molecule has 0 fully saturated rings. The quantitative estimate of drug-likeness (QED) is 0.117. The van der Waals surface area contributed by atoms with Crippen molar-refractivity contribution in [3.63, 3.8) is 0 Å². The summed E-state index contributed by atoms with van der Waals surface area (Å²) in [6, 6.07) is 0. The molecule has 0 aliphatic heterocycles. The number of anilines is 3. The van der Waals surface area contributed by atoms with Crippen LogP contribution in [0.5, 0.6) is 0 Å². The molecule has 3 aromatic carbocycles. The predicted molar refractivity (Wildman–Crippen MR) is 121 cm³/mol. The molecule has 236 valence electrons. The fourth-order valence-electron chi connectivity index (χ4n) is 3.63. The Balaban J connectivity index is 1.76. The summed E-state index contributed by atoms with van der Waals surface area (Å²) in [5.74, 6) is -34.4. The van der Waals surface area contributed by atoms with Crippen molar-refractivity contribution in [1.29, 1.82) is 0 Å². The van der Waals surface area contributed by atoms with E-state index in [0.29, 0.717) is 0 Å². The lowest BCUT2D eigenvalue weighted by molar-refractivity contribution is 0.304. The van der Waals surface area contributed by atoms with Gasteiger partial charge in [0.25, 0.3) is 0 Å². The third kappa shape index (κ3) is 6.65. The van der Waals surface area contributed by atoms with Crippen molar-refractivity contribution < 1.29 is 65.9 Å². The summed E-state index contributed by atoms with van der Waals surface area (Å²) in [6.45, 7) is -3.37. The first kappa shape index (κ1) is 33.5. The molecular formula is C24H15F15N4. The van der Waals surface area contributed by atoms with Crippen LogP contribution >= 0.6 is 0 Å². The highest BCUT2D eigenvalue weighted by Crippen LogP contribution is 2.29. The molecule has 0 spiro atoms. The van der Waals surface area contributed by atoms with E-state index in [4.69, 9.17) is 0 Å². The molecule has 3 aromatic rings. The average molecular weight is 644 g/mol. The lowest BCUT2D eigenvalue weighted by atomic mass is 10.2. The normalized spacial score (nSPS) is 11.4. The molecule has 43 heavy (non-hydrogen) atoms. The monoisotopic (exact) mass is 644 g/mol. The van der Waals surface area contributed by atoms with Gasteiger partial charge in [0.2, 0.25) is 17.5 Å². The maximum Gasteiger partial charge on any atom is 0.200 e. The standard InChI is InChI=1S/C24H15F15N4/c25-7-10(28)16(34)22(17(35)11(7)29)40-1-4-43(5-2-41-23-18(36)12(30)8(26)13(31)19(23)37)6-3-42-24-20(38)14(32)9(27)15(33)21(24)39/h40-42H,1-6H2. The zero-order valence-electron chi connectivity index (χ0n) is 20.9. The van der Waals surface area contributed by atoms with Crippen LogP contribution in [0.1, 0.15) is 0 Å². The number of halogens is 15. The Kier molecular flexibility index (Phi) is 10.5. The van der Waals surface area contributed by atoms with Crippen LogP contribution in [0.15, 0.2) is 0 Å². The van der Waals surface area contributed by atoms with Gasteiger partial charge >= 0.3 is 0 Å². The Morgan fingerprint density at radius 1 is 0.279 bits per heavy atom. The van der Waals surface area contributed by atoms with Gasteiger partial charge in [-0.3, -0.25) is 4.90 Å². The number of nitrogens with zero attached hydrogens (tertiary/aromatic N) is 1. The summed E-state index contributed by atoms with van der Waals surface area (Å²) in [7, 11) is 0. The van der Waals surface area contributed by atoms with Crippen molar-refractivity contribution in [1.82, 2.24) is 4.90 Å². The molecule has 0 saturated heterocycles. The van der Waals surface area contributed by atoms with E-state index in [9.17, 15) is 65.9 Å². The van der Waals surface area contributed by atoms with Gasteiger partial charge in [-0.05, 0) is 0 Å². The molecule has 0 heterocycles. The second kappa shape index (κ2) is 13.5. The molecule has 4 nitrogen and oxygen atoms in total. The highest BCUT2D eigenvalue weighted by atomic mass is 19.2. The summed E-state index contributed by atoms with van der Waals surface area (Å²) in [6.07, 6.45) is 0. The molecule has 0 bridgehead atoms. The van der Waals surface area contributed by atoms with E-state index in [1.807, 2.05) is 16.0 Å². The summed E-state index contributed by atoms with van der Waals surface area (Å²) in [5.41, 5.74) is -4.35. The van der Waals surface area contributed by atoms with Gasteiger partial charge in [-0.15, -0.1) is 0 Å². The summed E-state index contributed by atoms with van der Waals surface area (Å²) < 4.78 is 204. The van der Waals surface area contributed by atoms with Crippen molar-refractivity contribution in [2.45, 2.75) is 0 Å². The Bertz CT molecular complexity index is 1270. The molecule has 0 amide bonds. The van der Waals surface area contributed by atoms with Gasteiger partial charge in [-0.25, -0.2) is 65.9 Å².